The molecule has 9 nitrogen and oxygen atoms in total. The zero-order chi connectivity index (χ0) is 28.2. The number of hydrogen-bond acceptors (Lipinski definition) is 4. The Morgan fingerprint density at radius 2 is 1.49 bits per heavy atom. The molecule has 0 saturated heterocycles. The number of rotatable bonds is 12. The monoisotopic (exact) mass is 550 g/mol. The SMILES string of the molecule is CC(NC(=O)NCCC(=O)NCC(=O)NC(CC(=O)O)c1ccc(-c2ccccc2)cc1)c1cccc(Cl)c1. The number of urea groups is 1. The van der Waals surface area contributed by atoms with Gasteiger partial charge in [0, 0.05) is 18.0 Å². The van der Waals surface area contributed by atoms with Crippen LogP contribution in [0.2, 0.25) is 5.02 Å². The topological polar surface area (TPSA) is 137 Å². The van der Waals surface area contributed by atoms with Gasteiger partial charge in [-0.05, 0) is 41.3 Å². The normalized spacial score (nSPS) is 12.1. The van der Waals surface area contributed by atoms with E-state index in [0.29, 0.717) is 10.6 Å². The first-order chi connectivity index (χ1) is 18.7. The van der Waals surface area contributed by atoms with Crippen LogP contribution in [0.1, 0.15) is 43.0 Å². The molecule has 3 aromatic carbocycles. The molecule has 0 fully saturated rings. The molecule has 0 aromatic heterocycles. The van der Waals surface area contributed by atoms with E-state index in [1.165, 1.54) is 0 Å². The van der Waals surface area contributed by atoms with Gasteiger partial charge in [-0.25, -0.2) is 4.79 Å². The zero-order valence-corrected chi connectivity index (χ0v) is 22.2. The van der Waals surface area contributed by atoms with Crippen molar-refractivity contribution in [2.45, 2.75) is 31.8 Å². The van der Waals surface area contributed by atoms with Crippen LogP contribution < -0.4 is 21.3 Å². The van der Waals surface area contributed by atoms with Crippen molar-refractivity contribution in [2.75, 3.05) is 13.1 Å². The summed E-state index contributed by atoms with van der Waals surface area (Å²) in [5.74, 6) is -2.02. The predicted octanol–water partition coefficient (Wildman–Crippen LogP) is 4.21. The van der Waals surface area contributed by atoms with Crippen LogP contribution in [0.5, 0.6) is 0 Å². The molecule has 0 aliphatic heterocycles. The van der Waals surface area contributed by atoms with E-state index in [4.69, 9.17) is 11.6 Å². The van der Waals surface area contributed by atoms with Crippen LogP contribution in [-0.2, 0) is 14.4 Å². The van der Waals surface area contributed by atoms with Crippen LogP contribution in [0.25, 0.3) is 11.1 Å². The summed E-state index contributed by atoms with van der Waals surface area (Å²) in [6.45, 7) is 1.55. The summed E-state index contributed by atoms with van der Waals surface area (Å²) in [7, 11) is 0. The average molecular weight is 551 g/mol. The van der Waals surface area contributed by atoms with Gasteiger partial charge in [0.15, 0.2) is 0 Å². The minimum absolute atomic E-state index is 0.0360. The molecule has 0 bridgehead atoms. The van der Waals surface area contributed by atoms with Crippen molar-refractivity contribution in [1.82, 2.24) is 21.3 Å². The largest absolute Gasteiger partial charge is 0.481 e. The van der Waals surface area contributed by atoms with Crippen molar-refractivity contribution >= 4 is 35.4 Å². The number of carboxylic acids is 1. The highest BCUT2D eigenvalue weighted by Crippen LogP contribution is 2.23. The molecular formula is C29H31ClN4O5. The maximum atomic E-state index is 12.5. The number of carbonyl (C=O) groups excluding carboxylic acids is 3. The van der Waals surface area contributed by atoms with Crippen LogP contribution >= 0.6 is 11.6 Å². The number of aliphatic carboxylic acids is 1. The predicted molar refractivity (Wildman–Crippen MR) is 149 cm³/mol. The molecule has 0 heterocycles. The van der Waals surface area contributed by atoms with Crippen molar-refractivity contribution in [3.05, 3.63) is 95.0 Å². The molecular weight excluding hydrogens is 520 g/mol. The zero-order valence-electron chi connectivity index (χ0n) is 21.4. The highest BCUT2D eigenvalue weighted by Gasteiger charge is 2.19. The van der Waals surface area contributed by atoms with Gasteiger partial charge in [0.2, 0.25) is 11.8 Å². The maximum absolute atomic E-state index is 12.5. The van der Waals surface area contributed by atoms with Crippen LogP contribution in [-0.4, -0.2) is 42.0 Å². The first kappa shape index (κ1) is 29.2. The van der Waals surface area contributed by atoms with Crippen LogP contribution in [0.4, 0.5) is 4.79 Å². The molecule has 0 radical (unpaired) electrons. The minimum atomic E-state index is -1.06. The number of amides is 4. The van der Waals surface area contributed by atoms with E-state index in [1.807, 2.05) is 55.5 Å². The molecule has 4 amide bonds. The average Bonchev–Trinajstić information content (AvgIpc) is 2.92. The fraction of sp³-hybridized carbons (Fsp3) is 0.241. The lowest BCUT2D eigenvalue weighted by Gasteiger charge is -2.18. The quantitative estimate of drug-likeness (QED) is 0.230. The van der Waals surface area contributed by atoms with Gasteiger partial charge in [0.1, 0.15) is 0 Å². The summed E-state index contributed by atoms with van der Waals surface area (Å²) in [6.07, 6.45) is -0.344. The number of carbonyl (C=O) groups is 4. The molecule has 204 valence electrons. The van der Waals surface area contributed by atoms with Gasteiger partial charge in [-0.2, -0.15) is 0 Å². The molecule has 3 aromatic rings. The van der Waals surface area contributed by atoms with Crippen molar-refractivity contribution in [1.29, 1.82) is 0 Å². The van der Waals surface area contributed by atoms with E-state index < -0.39 is 29.9 Å². The first-order valence-corrected chi connectivity index (χ1v) is 12.8. The highest BCUT2D eigenvalue weighted by molar-refractivity contribution is 6.30. The van der Waals surface area contributed by atoms with E-state index in [0.717, 1.165) is 16.7 Å². The Hall–Kier alpha value is -4.37. The molecule has 0 aliphatic carbocycles. The minimum Gasteiger partial charge on any atom is -0.481 e. The van der Waals surface area contributed by atoms with Gasteiger partial charge in [-0.3, -0.25) is 14.4 Å². The van der Waals surface area contributed by atoms with E-state index in [-0.39, 0.29) is 32.0 Å². The Morgan fingerprint density at radius 1 is 0.795 bits per heavy atom. The second kappa shape index (κ2) is 14.5. The number of carboxylic acid groups (broad SMARTS) is 1. The van der Waals surface area contributed by atoms with Gasteiger partial charge < -0.3 is 26.4 Å². The molecule has 0 aliphatic rings. The third-order valence-electron chi connectivity index (χ3n) is 5.91. The van der Waals surface area contributed by atoms with E-state index >= 15 is 0 Å². The lowest BCUT2D eigenvalue weighted by atomic mass is 9.99. The summed E-state index contributed by atoms with van der Waals surface area (Å²) in [6, 6.07) is 22.7. The third-order valence-corrected chi connectivity index (χ3v) is 6.15. The molecule has 39 heavy (non-hydrogen) atoms. The fourth-order valence-corrected chi connectivity index (χ4v) is 4.07. The Balaban J connectivity index is 1.42. The lowest BCUT2D eigenvalue weighted by Crippen LogP contribution is -2.41. The number of nitrogens with one attached hydrogen (secondary N) is 4. The summed E-state index contributed by atoms with van der Waals surface area (Å²) >= 11 is 5.98. The van der Waals surface area contributed by atoms with Crippen LogP contribution in [0.15, 0.2) is 78.9 Å². The molecule has 2 atom stereocenters. The Labute approximate surface area is 232 Å². The third kappa shape index (κ3) is 9.79. The number of benzene rings is 3. The molecule has 2 unspecified atom stereocenters. The second-order valence-electron chi connectivity index (χ2n) is 8.91. The van der Waals surface area contributed by atoms with Gasteiger partial charge in [-0.15, -0.1) is 0 Å². The summed E-state index contributed by atoms with van der Waals surface area (Å²) < 4.78 is 0. The van der Waals surface area contributed by atoms with Crippen molar-refractivity contribution in [3.8, 4) is 11.1 Å². The maximum Gasteiger partial charge on any atom is 0.315 e. The Morgan fingerprint density at radius 3 is 2.15 bits per heavy atom. The fourth-order valence-electron chi connectivity index (χ4n) is 3.87. The van der Waals surface area contributed by atoms with Crippen molar-refractivity contribution in [2.24, 2.45) is 0 Å². The van der Waals surface area contributed by atoms with E-state index in [1.54, 1.807) is 30.3 Å². The van der Waals surface area contributed by atoms with Gasteiger partial charge in [-0.1, -0.05) is 78.3 Å². The van der Waals surface area contributed by atoms with Gasteiger partial charge in [0.05, 0.1) is 25.0 Å². The van der Waals surface area contributed by atoms with Crippen molar-refractivity contribution < 1.29 is 24.3 Å². The summed E-state index contributed by atoms with van der Waals surface area (Å²) in [5.41, 5.74) is 3.47. The lowest BCUT2D eigenvalue weighted by molar-refractivity contribution is -0.138. The first-order valence-electron chi connectivity index (χ1n) is 12.4. The summed E-state index contributed by atoms with van der Waals surface area (Å²) in [4.78, 5) is 48.1. The smallest absolute Gasteiger partial charge is 0.315 e. The van der Waals surface area contributed by atoms with Crippen molar-refractivity contribution in [3.63, 3.8) is 0 Å². The number of halogens is 1. The standard InChI is InChI=1S/C29H31ClN4O5/c1-19(23-8-5-9-24(30)16-23)33-29(39)31-15-14-26(35)32-18-27(36)34-25(17-28(37)38)22-12-10-21(11-13-22)20-6-3-2-4-7-20/h2-13,16,19,25H,14-15,17-18H2,1H3,(H,32,35)(H,34,36)(H,37,38)(H2,31,33,39). The molecule has 10 heteroatoms. The highest BCUT2D eigenvalue weighted by atomic mass is 35.5. The Kier molecular flexibility index (Phi) is 10.9. The van der Waals surface area contributed by atoms with Gasteiger partial charge in [0.25, 0.3) is 0 Å². The van der Waals surface area contributed by atoms with E-state index in [2.05, 4.69) is 21.3 Å². The molecule has 0 saturated carbocycles. The van der Waals surface area contributed by atoms with Crippen LogP contribution in [0, 0.1) is 0 Å². The summed E-state index contributed by atoms with van der Waals surface area (Å²) in [5, 5.41) is 20.4. The Bertz CT molecular complexity index is 1280. The molecule has 5 N–H and O–H groups in total. The molecule has 0 spiro atoms. The number of hydrogen-bond donors (Lipinski definition) is 5. The van der Waals surface area contributed by atoms with E-state index in [9.17, 15) is 24.3 Å². The van der Waals surface area contributed by atoms with Crippen LogP contribution in [0.3, 0.4) is 0 Å². The van der Waals surface area contributed by atoms with Gasteiger partial charge >= 0.3 is 12.0 Å². The second-order valence-corrected chi connectivity index (χ2v) is 9.35. The molecule has 3 rings (SSSR count).